The third-order valence-corrected chi connectivity index (χ3v) is 5.36. The van der Waals surface area contributed by atoms with Gasteiger partial charge >= 0.3 is 0 Å². The maximum atomic E-state index is 12.8. The van der Waals surface area contributed by atoms with Crippen molar-refractivity contribution in [3.05, 3.63) is 35.9 Å². The summed E-state index contributed by atoms with van der Waals surface area (Å²) in [5.41, 5.74) is 7.92. The fourth-order valence-corrected chi connectivity index (χ4v) is 4.88. The molecule has 1 saturated heterocycles. The highest BCUT2D eigenvalue weighted by molar-refractivity contribution is 5.78. The largest absolute Gasteiger partial charge is 0.339 e. The van der Waals surface area contributed by atoms with Crippen molar-refractivity contribution in [3.8, 4) is 0 Å². The van der Waals surface area contributed by atoms with Crippen molar-refractivity contribution in [3.63, 3.8) is 0 Å². The first-order valence-corrected chi connectivity index (χ1v) is 8.38. The summed E-state index contributed by atoms with van der Waals surface area (Å²) in [6, 6.07) is 10.2. The van der Waals surface area contributed by atoms with Crippen LogP contribution < -0.4 is 5.73 Å². The Labute approximate surface area is 133 Å². The molecule has 1 aromatic carbocycles. The molecular weight excluding hydrogens is 272 g/mol. The number of carbonyl (C=O) groups is 1. The number of hydrogen-bond acceptors (Lipinski definition) is 2. The number of nitrogens with two attached hydrogens (primary N) is 1. The smallest absolute Gasteiger partial charge is 0.224 e. The van der Waals surface area contributed by atoms with Crippen LogP contribution in [-0.2, 0) is 4.79 Å². The summed E-state index contributed by atoms with van der Waals surface area (Å²) in [6.07, 6.45) is 3.90. The first-order valence-electron chi connectivity index (χ1n) is 8.38. The van der Waals surface area contributed by atoms with E-state index in [2.05, 4.69) is 25.7 Å². The Morgan fingerprint density at radius 2 is 1.95 bits per heavy atom. The van der Waals surface area contributed by atoms with E-state index in [1.807, 2.05) is 30.3 Å². The number of benzene rings is 1. The summed E-state index contributed by atoms with van der Waals surface area (Å²) >= 11 is 0. The highest BCUT2D eigenvalue weighted by atomic mass is 16.2. The second kappa shape index (κ2) is 5.38. The number of hydrogen-bond donors (Lipinski definition) is 1. The van der Waals surface area contributed by atoms with E-state index in [0.717, 1.165) is 24.9 Å². The lowest BCUT2D eigenvalue weighted by atomic mass is 9.65. The lowest BCUT2D eigenvalue weighted by Gasteiger charge is -2.39. The predicted octanol–water partition coefficient (Wildman–Crippen LogP) is 3.50. The third kappa shape index (κ3) is 3.05. The van der Waals surface area contributed by atoms with Gasteiger partial charge in [0, 0.05) is 25.0 Å². The average molecular weight is 300 g/mol. The van der Waals surface area contributed by atoms with Gasteiger partial charge in [-0.2, -0.15) is 0 Å². The number of carbonyl (C=O) groups excluding carboxylic acids is 1. The Bertz CT molecular complexity index is 554. The first kappa shape index (κ1) is 15.5. The molecule has 1 saturated carbocycles. The fourth-order valence-electron chi connectivity index (χ4n) is 4.88. The summed E-state index contributed by atoms with van der Waals surface area (Å²) in [5, 5.41) is 0. The van der Waals surface area contributed by atoms with Gasteiger partial charge in [-0.1, -0.05) is 51.1 Å². The van der Waals surface area contributed by atoms with Crippen LogP contribution in [0.1, 0.15) is 58.1 Å². The van der Waals surface area contributed by atoms with Gasteiger partial charge in [-0.3, -0.25) is 4.79 Å². The fraction of sp³-hybridized carbons (Fsp3) is 0.632. The number of likely N-dealkylation sites (tertiary alicyclic amines) is 1. The topological polar surface area (TPSA) is 46.3 Å². The number of nitrogens with zero attached hydrogens (tertiary/aromatic N) is 1. The Hall–Kier alpha value is -1.35. The van der Waals surface area contributed by atoms with Crippen molar-refractivity contribution >= 4 is 5.91 Å². The van der Waals surface area contributed by atoms with Crippen LogP contribution in [0.2, 0.25) is 0 Å². The molecule has 3 atom stereocenters. The van der Waals surface area contributed by atoms with Gasteiger partial charge in [0.1, 0.15) is 0 Å². The molecule has 1 aliphatic carbocycles. The van der Waals surface area contributed by atoms with Crippen LogP contribution in [0.25, 0.3) is 0 Å². The van der Waals surface area contributed by atoms with Gasteiger partial charge in [0.05, 0.1) is 0 Å². The van der Waals surface area contributed by atoms with E-state index >= 15 is 0 Å². The Morgan fingerprint density at radius 1 is 1.27 bits per heavy atom. The molecular formula is C19H28N2O. The van der Waals surface area contributed by atoms with Crippen LogP contribution >= 0.6 is 0 Å². The summed E-state index contributed by atoms with van der Waals surface area (Å²) in [7, 11) is 0. The molecule has 2 bridgehead atoms. The molecule has 2 N–H and O–H groups in total. The van der Waals surface area contributed by atoms with Gasteiger partial charge in [-0.15, -0.1) is 0 Å². The summed E-state index contributed by atoms with van der Waals surface area (Å²) in [6.45, 7) is 7.91. The van der Waals surface area contributed by atoms with E-state index in [9.17, 15) is 4.79 Å². The monoisotopic (exact) mass is 300 g/mol. The minimum absolute atomic E-state index is 0.199. The molecule has 1 amide bonds. The van der Waals surface area contributed by atoms with E-state index in [-0.39, 0.29) is 11.9 Å². The minimum atomic E-state index is -0.199. The lowest BCUT2D eigenvalue weighted by molar-refractivity contribution is -0.132. The Morgan fingerprint density at radius 3 is 2.64 bits per heavy atom. The van der Waals surface area contributed by atoms with Crippen LogP contribution in [0.4, 0.5) is 0 Å². The molecule has 1 aliphatic heterocycles. The molecule has 120 valence electrons. The van der Waals surface area contributed by atoms with Gasteiger partial charge < -0.3 is 10.6 Å². The highest BCUT2D eigenvalue weighted by Gasteiger charge is 2.50. The standard InChI is InChI=1S/C19H28N2O/c1-18(2)10-15-11-19(3,12-18)13-21(15)17(22)9-16(20)14-7-5-4-6-8-14/h4-8,15-16H,9-13,20H2,1-3H3. The molecule has 3 heteroatoms. The van der Waals surface area contributed by atoms with Gasteiger partial charge in [0.2, 0.25) is 5.91 Å². The van der Waals surface area contributed by atoms with Crippen molar-refractivity contribution in [2.45, 2.75) is 58.5 Å². The summed E-state index contributed by atoms with van der Waals surface area (Å²) < 4.78 is 0. The number of fused-ring (bicyclic) bond motifs is 2. The maximum absolute atomic E-state index is 12.8. The highest BCUT2D eigenvalue weighted by Crippen LogP contribution is 2.52. The van der Waals surface area contributed by atoms with Crippen LogP contribution in [0, 0.1) is 10.8 Å². The number of rotatable bonds is 3. The van der Waals surface area contributed by atoms with E-state index in [0.29, 0.717) is 23.3 Å². The van der Waals surface area contributed by atoms with Gasteiger partial charge in [-0.25, -0.2) is 0 Å². The average Bonchev–Trinajstić information content (AvgIpc) is 2.69. The molecule has 1 aromatic rings. The quantitative estimate of drug-likeness (QED) is 0.928. The van der Waals surface area contributed by atoms with Crippen LogP contribution in [0.5, 0.6) is 0 Å². The molecule has 22 heavy (non-hydrogen) atoms. The van der Waals surface area contributed by atoms with E-state index in [1.54, 1.807) is 0 Å². The minimum Gasteiger partial charge on any atom is -0.339 e. The van der Waals surface area contributed by atoms with Gasteiger partial charge in [0.15, 0.2) is 0 Å². The van der Waals surface area contributed by atoms with E-state index in [1.165, 1.54) is 6.42 Å². The molecule has 0 radical (unpaired) electrons. The molecule has 0 spiro atoms. The lowest BCUT2D eigenvalue weighted by Crippen LogP contribution is -2.38. The van der Waals surface area contributed by atoms with Crippen molar-refractivity contribution in [2.24, 2.45) is 16.6 Å². The van der Waals surface area contributed by atoms with E-state index in [4.69, 9.17) is 5.73 Å². The SMILES string of the molecule is CC1(C)CC2CC(C)(CN2C(=O)CC(N)c2ccccc2)C1. The molecule has 3 rings (SSSR count). The van der Waals surface area contributed by atoms with Gasteiger partial charge in [-0.05, 0) is 35.7 Å². The number of amides is 1. The summed E-state index contributed by atoms with van der Waals surface area (Å²) in [5.74, 6) is 0.225. The zero-order valence-corrected chi connectivity index (χ0v) is 14.0. The zero-order chi connectivity index (χ0) is 16.0. The Kier molecular flexibility index (Phi) is 3.80. The molecule has 1 heterocycles. The Balaban J connectivity index is 1.69. The maximum Gasteiger partial charge on any atom is 0.224 e. The molecule has 2 fully saturated rings. The van der Waals surface area contributed by atoms with Crippen LogP contribution in [-0.4, -0.2) is 23.4 Å². The molecule has 2 aliphatic rings. The van der Waals surface area contributed by atoms with Crippen LogP contribution in [0.15, 0.2) is 30.3 Å². The normalized spacial score (nSPS) is 31.1. The first-order chi connectivity index (χ1) is 10.3. The second-order valence-corrected chi connectivity index (χ2v) is 8.46. The van der Waals surface area contributed by atoms with Crippen molar-refractivity contribution in [2.75, 3.05) is 6.54 Å². The molecule has 3 unspecified atom stereocenters. The summed E-state index contributed by atoms with van der Waals surface area (Å²) in [4.78, 5) is 14.9. The second-order valence-electron chi connectivity index (χ2n) is 8.46. The molecule has 0 aromatic heterocycles. The van der Waals surface area contributed by atoms with Gasteiger partial charge in [0.25, 0.3) is 0 Å². The van der Waals surface area contributed by atoms with Crippen molar-refractivity contribution < 1.29 is 4.79 Å². The molecule has 3 nitrogen and oxygen atoms in total. The van der Waals surface area contributed by atoms with Crippen molar-refractivity contribution in [1.29, 1.82) is 0 Å². The van der Waals surface area contributed by atoms with Crippen LogP contribution in [0.3, 0.4) is 0 Å². The zero-order valence-electron chi connectivity index (χ0n) is 14.0. The van der Waals surface area contributed by atoms with E-state index < -0.39 is 0 Å². The van der Waals surface area contributed by atoms with Crippen molar-refractivity contribution in [1.82, 2.24) is 4.90 Å². The predicted molar refractivity (Wildman–Crippen MR) is 89.2 cm³/mol. The third-order valence-electron chi connectivity index (χ3n) is 5.36.